The van der Waals surface area contributed by atoms with Crippen LogP contribution in [0.2, 0.25) is 0 Å². The maximum atomic E-state index is 5.38. The number of nitrogens with one attached hydrogen (secondary N) is 1. The Hall–Kier alpha value is -1.39. The van der Waals surface area contributed by atoms with Gasteiger partial charge in [-0.15, -0.1) is 0 Å². The Morgan fingerprint density at radius 1 is 1.29 bits per heavy atom. The van der Waals surface area contributed by atoms with E-state index in [0.717, 1.165) is 6.54 Å². The van der Waals surface area contributed by atoms with E-state index >= 15 is 0 Å². The van der Waals surface area contributed by atoms with Gasteiger partial charge in [0.15, 0.2) is 0 Å². The molecule has 0 atom stereocenters. The van der Waals surface area contributed by atoms with E-state index in [4.69, 9.17) is 4.74 Å². The van der Waals surface area contributed by atoms with Crippen molar-refractivity contribution in [3.63, 3.8) is 0 Å². The van der Waals surface area contributed by atoms with Crippen molar-refractivity contribution >= 4 is 5.95 Å². The van der Waals surface area contributed by atoms with Crippen molar-refractivity contribution in [3.05, 3.63) is 5.82 Å². The normalized spacial score (nSPS) is 10.4. The average molecular weight is 196 g/mol. The number of rotatable bonds is 4. The molecule has 5 heteroatoms. The summed E-state index contributed by atoms with van der Waals surface area (Å²) in [6, 6.07) is 0.378. The molecule has 0 unspecified atom stereocenters. The van der Waals surface area contributed by atoms with Crippen LogP contribution in [0.15, 0.2) is 0 Å². The highest BCUT2D eigenvalue weighted by molar-refractivity contribution is 5.25. The summed E-state index contributed by atoms with van der Waals surface area (Å²) < 4.78 is 5.38. The third-order valence-electron chi connectivity index (χ3n) is 1.40. The highest BCUT2D eigenvalue weighted by Gasteiger charge is 2.05. The molecule has 0 amide bonds. The van der Waals surface area contributed by atoms with E-state index in [1.54, 1.807) is 0 Å². The molecular weight excluding hydrogens is 180 g/mol. The van der Waals surface area contributed by atoms with Gasteiger partial charge in [0.1, 0.15) is 5.82 Å². The molecule has 5 nitrogen and oxygen atoms in total. The lowest BCUT2D eigenvalue weighted by atomic mass is 10.5. The molecule has 1 aromatic rings. The van der Waals surface area contributed by atoms with Gasteiger partial charge in [0, 0.05) is 6.54 Å². The van der Waals surface area contributed by atoms with Crippen LogP contribution in [0.3, 0.4) is 0 Å². The smallest absolute Gasteiger partial charge is 0.321 e. The zero-order valence-corrected chi connectivity index (χ0v) is 9.03. The minimum atomic E-state index is 0.0753. The van der Waals surface area contributed by atoms with Gasteiger partial charge in [-0.3, -0.25) is 0 Å². The number of aryl methyl sites for hydroxylation is 1. The predicted octanol–water partition coefficient (Wildman–Crippen LogP) is 1.40. The fraction of sp³-hybridized carbons (Fsp3) is 0.667. The average Bonchev–Trinajstić information content (AvgIpc) is 2.01. The monoisotopic (exact) mass is 196 g/mol. The first-order valence-corrected chi connectivity index (χ1v) is 4.75. The van der Waals surface area contributed by atoms with Gasteiger partial charge >= 0.3 is 6.01 Å². The van der Waals surface area contributed by atoms with Gasteiger partial charge in [-0.05, 0) is 27.7 Å². The van der Waals surface area contributed by atoms with E-state index in [0.29, 0.717) is 17.8 Å². The summed E-state index contributed by atoms with van der Waals surface area (Å²) in [5.41, 5.74) is 0. The summed E-state index contributed by atoms with van der Waals surface area (Å²) in [4.78, 5) is 12.3. The minimum absolute atomic E-state index is 0.0753. The number of hydrogen-bond acceptors (Lipinski definition) is 5. The Kier molecular flexibility index (Phi) is 3.62. The van der Waals surface area contributed by atoms with Crippen molar-refractivity contribution in [2.75, 3.05) is 11.9 Å². The van der Waals surface area contributed by atoms with Crippen molar-refractivity contribution in [3.8, 4) is 6.01 Å². The number of ether oxygens (including phenoxy) is 1. The van der Waals surface area contributed by atoms with Gasteiger partial charge in [0.25, 0.3) is 0 Å². The van der Waals surface area contributed by atoms with Gasteiger partial charge in [-0.2, -0.15) is 15.0 Å². The summed E-state index contributed by atoms with van der Waals surface area (Å²) >= 11 is 0. The molecule has 0 aliphatic carbocycles. The Morgan fingerprint density at radius 2 is 2.00 bits per heavy atom. The van der Waals surface area contributed by atoms with Gasteiger partial charge in [-0.25, -0.2) is 0 Å². The Morgan fingerprint density at radius 3 is 2.57 bits per heavy atom. The molecule has 0 radical (unpaired) electrons. The fourth-order valence-corrected chi connectivity index (χ4v) is 0.958. The molecule has 0 fully saturated rings. The second-order valence-electron chi connectivity index (χ2n) is 3.19. The molecule has 0 saturated heterocycles. The van der Waals surface area contributed by atoms with Crippen LogP contribution in [0.4, 0.5) is 5.95 Å². The predicted molar refractivity (Wildman–Crippen MR) is 54.5 cm³/mol. The summed E-state index contributed by atoms with van der Waals surface area (Å²) in [5.74, 6) is 1.22. The second-order valence-corrected chi connectivity index (χ2v) is 3.19. The van der Waals surface area contributed by atoms with E-state index < -0.39 is 0 Å². The molecular formula is C9H16N4O. The fourth-order valence-electron chi connectivity index (χ4n) is 0.958. The molecule has 1 N–H and O–H groups in total. The largest absolute Gasteiger partial charge is 0.461 e. The lowest BCUT2D eigenvalue weighted by molar-refractivity contribution is 0.221. The molecule has 14 heavy (non-hydrogen) atoms. The summed E-state index contributed by atoms with van der Waals surface area (Å²) in [7, 11) is 0. The molecule has 78 valence electrons. The van der Waals surface area contributed by atoms with E-state index in [1.165, 1.54) is 0 Å². The van der Waals surface area contributed by atoms with Crippen LogP contribution < -0.4 is 10.1 Å². The topological polar surface area (TPSA) is 59.9 Å². The molecule has 1 aromatic heterocycles. The molecule has 1 rings (SSSR count). The zero-order valence-electron chi connectivity index (χ0n) is 9.03. The van der Waals surface area contributed by atoms with E-state index in [1.807, 2.05) is 27.7 Å². The van der Waals surface area contributed by atoms with Crippen molar-refractivity contribution < 1.29 is 4.74 Å². The molecule has 0 aliphatic heterocycles. The first-order chi connectivity index (χ1) is 6.61. The third kappa shape index (κ3) is 3.16. The molecule has 0 aliphatic rings. The van der Waals surface area contributed by atoms with Gasteiger partial charge < -0.3 is 10.1 Å². The maximum Gasteiger partial charge on any atom is 0.321 e. The zero-order chi connectivity index (χ0) is 10.6. The number of nitrogens with zero attached hydrogens (tertiary/aromatic N) is 3. The lowest BCUT2D eigenvalue weighted by Crippen LogP contribution is -2.12. The SMILES string of the molecule is CCNc1nc(C)nc(OC(C)C)n1. The lowest BCUT2D eigenvalue weighted by Gasteiger charge is -2.09. The Balaban J connectivity index is 2.83. The Labute approximate surface area is 83.9 Å². The highest BCUT2D eigenvalue weighted by Crippen LogP contribution is 2.08. The van der Waals surface area contributed by atoms with Crippen molar-refractivity contribution in [2.45, 2.75) is 33.8 Å². The van der Waals surface area contributed by atoms with Crippen molar-refractivity contribution in [2.24, 2.45) is 0 Å². The molecule has 1 heterocycles. The van der Waals surface area contributed by atoms with Gasteiger partial charge in [0.05, 0.1) is 6.10 Å². The molecule has 0 spiro atoms. The minimum Gasteiger partial charge on any atom is -0.461 e. The van der Waals surface area contributed by atoms with Crippen LogP contribution in [-0.2, 0) is 0 Å². The standard InChI is InChI=1S/C9H16N4O/c1-5-10-8-11-7(4)12-9(13-8)14-6(2)3/h6H,5H2,1-4H3,(H,10,11,12,13). The number of aromatic nitrogens is 3. The van der Waals surface area contributed by atoms with Crippen LogP contribution in [0.1, 0.15) is 26.6 Å². The molecule has 0 aromatic carbocycles. The Bertz CT molecular complexity index is 301. The van der Waals surface area contributed by atoms with E-state index in [9.17, 15) is 0 Å². The first-order valence-electron chi connectivity index (χ1n) is 4.75. The molecule has 0 saturated carbocycles. The summed E-state index contributed by atoms with van der Waals surface area (Å²) in [6.45, 7) is 8.46. The van der Waals surface area contributed by atoms with Crippen molar-refractivity contribution in [1.29, 1.82) is 0 Å². The van der Waals surface area contributed by atoms with Crippen LogP contribution in [0.5, 0.6) is 6.01 Å². The summed E-state index contributed by atoms with van der Waals surface area (Å²) in [6.07, 6.45) is 0.0753. The first kappa shape index (κ1) is 10.7. The van der Waals surface area contributed by atoms with Crippen LogP contribution >= 0.6 is 0 Å². The van der Waals surface area contributed by atoms with Crippen molar-refractivity contribution in [1.82, 2.24) is 15.0 Å². The summed E-state index contributed by atoms with van der Waals surface area (Å²) in [5, 5.41) is 3.02. The number of hydrogen-bond donors (Lipinski definition) is 1. The van der Waals surface area contributed by atoms with Gasteiger partial charge in [0.2, 0.25) is 5.95 Å². The van der Waals surface area contributed by atoms with Crippen LogP contribution in [-0.4, -0.2) is 27.6 Å². The van der Waals surface area contributed by atoms with E-state index in [2.05, 4.69) is 20.3 Å². The van der Waals surface area contributed by atoms with Crippen LogP contribution in [0, 0.1) is 6.92 Å². The quantitative estimate of drug-likeness (QED) is 0.788. The third-order valence-corrected chi connectivity index (χ3v) is 1.40. The van der Waals surface area contributed by atoms with E-state index in [-0.39, 0.29) is 6.10 Å². The second kappa shape index (κ2) is 4.74. The van der Waals surface area contributed by atoms with Gasteiger partial charge in [-0.1, -0.05) is 0 Å². The highest BCUT2D eigenvalue weighted by atomic mass is 16.5. The maximum absolute atomic E-state index is 5.38. The molecule has 0 bridgehead atoms. The number of anilines is 1. The van der Waals surface area contributed by atoms with Crippen LogP contribution in [0.25, 0.3) is 0 Å².